The first-order chi connectivity index (χ1) is 10.4. The Kier molecular flexibility index (Phi) is 5.62. The number of carbonyl (C=O) groups excluding carboxylic acids is 1. The fourth-order valence-electron chi connectivity index (χ4n) is 2.96. The van der Waals surface area contributed by atoms with Crippen LogP contribution in [0.15, 0.2) is 29.2 Å². The molecule has 1 aliphatic carbocycles. The molecule has 2 unspecified atom stereocenters. The van der Waals surface area contributed by atoms with Crippen molar-refractivity contribution in [1.82, 2.24) is 5.32 Å². The number of rotatable bonds is 5. The van der Waals surface area contributed by atoms with E-state index in [1.54, 1.807) is 24.3 Å². The summed E-state index contributed by atoms with van der Waals surface area (Å²) in [6.45, 7) is 4.11. The van der Waals surface area contributed by atoms with Crippen LogP contribution in [0.3, 0.4) is 0 Å². The minimum Gasteiger partial charge on any atom is -0.353 e. The summed E-state index contributed by atoms with van der Waals surface area (Å²) in [5.74, 6) is 0.342. The van der Waals surface area contributed by atoms with Crippen LogP contribution in [0.5, 0.6) is 0 Å². The fourth-order valence-corrected chi connectivity index (χ4v) is 4.20. The summed E-state index contributed by atoms with van der Waals surface area (Å²) < 4.78 is 24.4. The molecule has 1 aliphatic rings. The van der Waals surface area contributed by atoms with Crippen molar-refractivity contribution in [3.63, 3.8) is 0 Å². The van der Waals surface area contributed by atoms with Gasteiger partial charge in [0, 0.05) is 12.5 Å². The van der Waals surface area contributed by atoms with E-state index in [0.717, 1.165) is 24.8 Å². The molecule has 2 atom stereocenters. The molecule has 22 heavy (non-hydrogen) atoms. The Morgan fingerprint density at radius 1 is 1.23 bits per heavy atom. The molecule has 2 rings (SSSR count). The van der Waals surface area contributed by atoms with Crippen LogP contribution in [-0.4, -0.2) is 26.1 Å². The Morgan fingerprint density at radius 2 is 1.91 bits per heavy atom. The molecule has 1 N–H and O–H groups in total. The molecule has 1 saturated carbocycles. The smallest absolute Gasteiger partial charge is 0.221 e. The lowest BCUT2D eigenvalue weighted by atomic mass is 9.87. The Hall–Kier alpha value is -1.36. The summed E-state index contributed by atoms with van der Waals surface area (Å²) in [5.41, 5.74) is 1.02. The quantitative estimate of drug-likeness (QED) is 0.906. The third kappa shape index (κ3) is 4.83. The fraction of sp³-hybridized carbons (Fsp3) is 0.588. The monoisotopic (exact) mass is 323 g/mol. The zero-order valence-electron chi connectivity index (χ0n) is 13.3. The molecule has 0 heterocycles. The van der Waals surface area contributed by atoms with Gasteiger partial charge in [-0.3, -0.25) is 4.79 Å². The Labute approximate surface area is 133 Å². The van der Waals surface area contributed by atoms with E-state index < -0.39 is 9.84 Å². The van der Waals surface area contributed by atoms with Crippen LogP contribution < -0.4 is 5.32 Å². The Bertz CT molecular complexity index is 607. The van der Waals surface area contributed by atoms with Gasteiger partial charge in [-0.1, -0.05) is 37.5 Å². The van der Waals surface area contributed by atoms with Gasteiger partial charge in [0.15, 0.2) is 9.84 Å². The molecule has 0 bridgehead atoms. The molecule has 0 spiro atoms. The topological polar surface area (TPSA) is 63.2 Å². The van der Waals surface area contributed by atoms with Crippen molar-refractivity contribution >= 4 is 15.7 Å². The number of hydrogen-bond donors (Lipinski definition) is 1. The normalized spacial score (nSPS) is 22.3. The number of amides is 1. The van der Waals surface area contributed by atoms with E-state index >= 15 is 0 Å². The number of hydrogen-bond acceptors (Lipinski definition) is 3. The third-order valence-electron chi connectivity index (χ3n) is 4.28. The predicted octanol–water partition coefficient (Wildman–Crippen LogP) is 2.85. The molecule has 0 aliphatic heterocycles. The molecular weight excluding hydrogens is 298 g/mol. The second kappa shape index (κ2) is 7.27. The van der Waals surface area contributed by atoms with Gasteiger partial charge >= 0.3 is 0 Å². The number of nitrogens with one attached hydrogen (secondary N) is 1. The highest BCUT2D eigenvalue weighted by Crippen LogP contribution is 2.23. The van der Waals surface area contributed by atoms with Gasteiger partial charge in [0.25, 0.3) is 0 Å². The van der Waals surface area contributed by atoms with Crippen LogP contribution in [0.1, 0.15) is 44.6 Å². The van der Waals surface area contributed by atoms with E-state index in [1.165, 1.54) is 6.42 Å². The number of aryl methyl sites for hydroxylation is 1. The van der Waals surface area contributed by atoms with E-state index in [-0.39, 0.29) is 29.0 Å². The van der Waals surface area contributed by atoms with Crippen molar-refractivity contribution in [1.29, 1.82) is 0 Å². The van der Waals surface area contributed by atoms with Gasteiger partial charge in [0.2, 0.25) is 5.91 Å². The summed E-state index contributed by atoms with van der Waals surface area (Å²) in [5, 5.41) is 2.98. The van der Waals surface area contributed by atoms with Crippen molar-refractivity contribution in [2.45, 2.75) is 56.9 Å². The van der Waals surface area contributed by atoms with E-state index in [0.29, 0.717) is 5.92 Å². The predicted molar refractivity (Wildman–Crippen MR) is 87.4 cm³/mol. The molecule has 1 aromatic carbocycles. The molecule has 5 heteroatoms. The molecule has 1 amide bonds. The van der Waals surface area contributed by atoms with E-state index in [4.69, 9.17) is 0 Å². The SMILES string of the molecule is Cc1ccc(S(=O)(=O)CCC(=O)NC2CCCC(C)C2)cc1. The first kappa shape index (κ1) is 17.0. The molecule has 0 saturated heterocycles. The highest BCUT2D eigenvalue weighted by Gasteiger charge is 2.22. The molecule has 0 aromatic heterocycles. The maximum absolute atomic E-state index is 12.2. The van der Waals surface area contributed by atoms with Crippen molar-refractivity contribution in [2.75, 3.05) is 5.75 Å². The average Bonchev–Trinajstić information content (AvgIpc) is 2.46. The van der Waals surface area contributed by atoms with E-state index in [2.05, 4.69) is 12.2 Å². The van der Waals surface area contributed by atoms with Gasteiger partial charge in [-0.15, -0.1) is 0 Å². The standard InChI is InChI=1S/C17H25NO3S/c1-13-6-8-16(9-7-13)22(20,21)11-10-17(19)18-15-5-3-4-14(2)12-15/h6-9,14-15H,3-5,10-12H2,1-2H3,(H,18,19). The first-order valence-corrected chi connectivity index (χ1v) is 9.61. The lowest BCUT2D eigenvalue weighted by molar-refractivity contribution is -0.121. The summed E-state index contributed by atoms with van der Waals surface area (Å²) in [4.78, 5) is 12.3. The molecular formula is C17H25NO3S. The first-order valence-electron chi connectivity index (χ1n) is 7.95. The van der Waals surface area contributed by atoms with E-state index in [9.17, 15) is 13.2 Å². The van der Waals surface area contributed by atoms with Crippen LogP contribution in [0.4, 0.5) is 0 Å². The lowest BCUT2D eigenvalue weighted by Gasteiger charge is -2.27. The highest BCUT2D eigenvalue weighted by molar-refractivity contribution is 7.91. The average molecular weight is 323 g/mol. The van der Waals surface area contributed by atoms with Crippen LogP contribution in [0.25, 0.3) is 0 Å². The van der Waals surface area contributed by atoms with Crippen LogP contribution in [0.2, 0.25) is 0 Å². The van der Waals surface area contributed by atoms with Crippen LogP contribution in [0, 0.1) is 12.8 Å². The number of carbonyl (C=O) groups is 1. The Balaban J connectivity index is 1.86. The lowest BCUT2D eigenvalue weighted by Crippen LogP contribution is -2.38. The number of benzene rings is 1. The van der Waals surface area contributed by atoms with Crippen molar-refractivity contribution < 1.29 is 13.2 Å². The summed E-state index contributed by atoms with van der Waals surface area (Å²) >= 11 is 0. The van der Waals surface area contributed by atoms with Gasteiger partial charge in [0.05, 0.1) is 10.6 Å². The summed E-state index contributed by atoms with van der Waals surface area (Å²) in [6, 6.07) is 6.96. The minimum atomic E-state index is -3.38. The van der Waals surface area contributed by atoms with Crippen molar-refractivity contribution in [3.8, 4) is 0 Å². The van der Waals surface area contributed by atoms with Crippen molar-refractivity contribution in [2.24, 2.45) is 5.92 Å². The molecule has 1 aromatic rings. The minimum absolute atomic E-state index is 0.0289. The third-order valence-corrected chi connectivity index (χ3v) is 6.01. The summed E-state index contributed by atoms with van der Waals surface area (Å²) in [7, 11) is -3.38. The van der Waals surface area contributed by atoms with E-state index in [1.807, 2.05) is 6.92 Å². The molecule has 4 nitrogen and oxygen atoms in total. The van der Waals surface area contributed by atoms with Gasteiger partial charge in [-0.25, -0.2) is 8.42 Å². The van der Waals surface area contributed by atoms with Gasteiger partial charge in [-0.2, -0.15) is 0 Å². The van der Waals surface area contributed by atoms with Crippen molar-refractivity contribution in [3.05, 3.63) is 29.8 Å². The largest absolute Gasteiger partial charge is 0.353 e. The van der Waals surface area contributed by atoms with Gasteiger partial charge < -0.3 is 5.32 Å². The Morgan fingerprint density at radius 3 is 2.55 bits per heavy atom. The second-order valence-electron chi connectivity index (χ2n) is 6.42. The van der Waals surface area contributed by atoms with Gasteiger partial charge in [0.1, 0.15) is 0 Å². The molecule has 122 valence electrons. The highest BCUT2D eigenvalue weighted by atomic mass is 32.2. The second-order valence-corrected chi connectivity index (χ2v) is 8.53. The van der Waals surface area contributed by atoms with Crippen LogP contribution >= 0.6 is 0 Å². The molecule has 1 fully saturated rings. The number of sulfone groups is 1. The maximum atomic E-state index is 12.2. The zero-order valence-corrected chi connectivity index (χ0v) is 14.2. The zero-order chi connectivity index (χ0) is 16.2. The molecule has 0 radical (unpaired) electrons. The van der Waals surface area contributed by atoms with Gasteiger partial charge in [-0.05, 0) is 37.8 Å². The maximum Gasteiger partial charge on any atom is 0.221 e. The summed E-state index contributed by atoms with van der Waals surface area (Å²) in [6.07, 6.45) is 4.38. The van der Waals surface area contributed by atoms with Crippen LogP contribution in [-0.2, 0) is 14.6 Å².